The Morgan fingerprint density at radius 2 is 2.25 bits per heavy atom. The van der Waals surface area contributed by atoms with Crippen molar-refractivity contribution in [2.75, 3.05) is 6.54 Å². The molecule has 88 valence electrons. The molecule has 16 heavy (non-hydrogen) atoms. The molecule has 1 nitrogen and oxygen atoms in total. The van der Waals surface area contributed by atoms with Crippen molar-refractivity contribution in [2.45, 2.75) is 32.2 Å². The van der Waals surface area contributed by atoms with Crippen LogP contribution in [0.1, 0.15) is 37.8 Å². The molecular weight excluding hydrogens is 261 g/mol. The highest BCUT2D eigenvalue weighted by atomic mass is 35.5. The largest absolute Gasteiger partial charge is 0.310 e. The number of thiophene rings is 1. The van der Waals surface area contributed by atoms with E-state index >= 15 is 0 Å². The lowest BCUT2D eigenvalue weighted by Crippen LogP contribution is -2.19. The smallest absolute Gasteiger partial charge is 0.0991 e. The second kappa shape index (κ2) is 7.19. The van der Waals surface area contributed by atoms with Gasteiger partial charge in [-0.3, -0.25) is 0 Å². The maximum Gasteiger partial charge on any atom is 0.0991 e. The number of rotatable bonds is 6. The van der Waals surface area contributed by atoms with Gasteiger partial charge in [-0.15, -0.1) is 23.7 Å². The first-order valence-electron chi connectivity index (χ1n) is 5.26. The summed E-state index contributed by atoms with van der Waals surface area (Å²) in [5.74, 6) is 2.64. The highest BCUT2D eigenvalue weighted by Gasteiger charge is 2.12. The standard InChI is InChI=1S/C12H15Cl2NS/c1-3-4-5-6-7-15-9(2)10-8-11(13)16-12(10)14/h1,8-9,15H,4-7H2,2H3. The van der Waals surface area contributed by atoms with E-state index in [1.165, 1.54) is 11.3 Å². The molecule has 1 aromatic heterocycles. The molecule has 0 aliphatic heterocycles. The SMILES string of the molecule is C#CCCCCNC(C)c1cc(Cl)sc1Cl. The van der Waals surface area contributed by atoms with E-state index in [9.17, 15) is 0 Å². The van der Waals surface area contributed by atoms with Gasteiger partial charge in [0.05, 0.1) is 8.67 Å². The monoisotopic (exact) mass is 275 g/mol. The van der Waals surface area contributed by atoms with Crippen molar-refractivity contribution in [1.29, 1.82) is 0 Å². The highest BCUT2D eigenvalue weighted by molar-refractivity contribution is 7.20. The minimum atomic E-state index is 0.238. The van der Waals surface area contributed by atoms with Crippen molar-refractivity contribution in [3.63, 3.8) is 0 Å². The first-order valence-corrected chi connectivity index (χ1v) is 6.84. The zero-order valence-corrected chi connectivity index (χ0v) is 11.6. The van der Waals surface area contributed by atoms with E-state index in [4.69, 9.17) is 29.6 Å². The van der Waals surface area contributed by atoms with E-state index in [0.717, 1.165) is 40.0 Å². The predicted octanol–water partition coefficient (Wildman–Crippen LogP) is 4.51. The summed E-state index contributed by atoms with van der Waals surface area (Å²) >= 11 is 13.4. The van der Waals surface area contributed by atoms with E-state index < -0.39 is 0 Å². The van der Waals surface area contributed by atoms with Crippen molar-refractivity contribution < 1.29 is 0 Å². The number of hydrogen-bond donors (Lipinski definition) is 1. The fourth-order valence-electron chi connectivity index (χ4n) is 1.43. The molecule has 1 atom stereocenters. The van der Waals surface area contributed by atoms with Crippen LogP contribution in [0.2, 0.25) is 8.67 Å². The van der Waals surface area contributed by atoms with Crippen LogP contribution in [0.25, 0.3) is 0 Å². The summed E-state index contributed by atoms with van der Waals surface area (Å²) in [6.45, 7) is 3.04. The summed E-state index contributed by atoms with van der Waals surface area (Å²) < 4.78 is 1.51. The van der Waals surface area contributed by atoms with Gasteiger partial charge in [-0.25, -0.2) is 0 Å². The van der Waals surface area contributed by atoms with Gasteiger partial charge >= 0.3 is 0 Å². The lowest BCUT2D eigenvalue weighted by molar-refractivity contribution is 0.550. The third kappa shape index (κ3) is 4.35. The topological polar surface area (TPSA) is 12.0 Å². The van der Waals surface area contributed by atoms with Crippen molar-refractivity contribution in [3.8, 4) is 12.3 Å². The second-order valence-electron chi connectivity index (χ2n) is 3.62. The van der Waals surface area contributed by atoms with Gasteiger partial charge in [0.15, 0.2) is 0 Å². The molecule has 1 aromatic rings. The van der Waals surface area contributed by atoms with E-state index in [-0.39, 0.29) is 6.04 Å². The third-order valence-electron chi connectivity index (χ3n) is 2.35. The first kappa shape index (κ1) is 13.9. The van der Waals surface area contributed by atoms with Crippen LogP contribution in [-0.2, 0) is 0 Å². The lowest BCUT2D eigenvalue weighted by atomic mass is 10.1. The molecule has 1 rings (SSSR count). The predicted molar refractivity (Wildman–Crippen MR) is 73.4 cm³/mol. The van der Waals surface area contributed by atoms with Gasteiger partial charge in [0.2, 0.25) is 0 Å². The molecule has 0 aliphatic carbocycles. The Labute approximate surface area is 111 Å². The molecule has 0 spiro atoms. The summed E-state index contributed by atoms with van der Waals surface area (Å²) in [6.07, 6.45) is 8.18. The summed E-state index contributed by atoms with van der Waals surface area (Å²) in [5.41, 5.74) is 1.08. The van der Waals surface area contributed by atoms with E-state index in [1.54, 1.807) is 0 Å². The minimum Gasteiger partial charge on any atom is -0.310 e. The molecule has 0 radical (unpaired) electrons. The van der Waals surface area contributed by atoms with Gasteiger partial charge in [0.25, 0.3) is 0 Å². The van der Waals surface area contributed by atoms with Crippen LogP contribution < -0.4 is 5.32 Å². The molecule has 0 fully saturated rings. The van der Waals surface area contributed by atoms with Crippen LogP contribution in [0.5, 0.6) is 0 Å². The molecule has 0 bridgehead atoms. The molecule has 0 amide bonds. The average molecular weight is 276 g/mol. The Hall–Kier alpha value is -0.200. The third-order valence-corrected chi connectivity index (χ3v) is 3.87. The van der Waals surface area contributed by atoms with Gasteiger partial charge in [-0.05, 0) is 37.9 Å². The van der Waals surface area contributed by atoms with Crippen LogP contribution in [0, 0.1) is 12.3 Å². The van der Waals surface area contributed by atoms with Crippen LogP contribution >= 0.6 is 34.5 Å². The Balaban J connectivity index is 2.33. The molecular formula is C12H15Cl2NS. The minimum absolute atomic E-state index is 0.238. The van der Waals surface area contributed by atoms with Crippen molar-refractivity contribution in [2.24, 2.45) is 0 Å². The Bertz CT molecular complexity index is 368. The van der Waals surface area contributed by atoms with Crippen LogP contribution in [0.3, 0.4) is 0 Å². The maximum atomic E-state index is 6.07. The number of unbranched alkanes of at least 4 members (excludes halogenated alkanes) is 2. The van der Waals surface area contributed by atoms with Crippen molar-refractivity contribution >= 4 is 34.5 Å². The van der Waals surface area contributed by atoms with Crippen LogP contribution in [0.15, 0.2) is 6.07 Å². The zero-order chi connectivity index (χ0) is 12.0. The fraction of sp³-hybridized carbons (Fsp3) is 0.500. The molecule has 0 saturated carbocycles. The van der Waals surface area contributed by atoms with Gasteiger partial charge in [-0.2, -0.15) is 0 Å². The summed E-state index contributed by atoms with van der Waals surface area (Å²) in [4.78, 5) is 0. The molecule has 0 saturated heterocycles. The van der Waals surface area contributed by atoms with Gasteiger partial charge < -0.3 is 5.32 Å². The molecule has 1 heterocycles. The van der Waals surface area contributed by atoms with E-state index in [1.807, 2.05) is 6.07 Å². The molecule has 1 unspecified atom stereocenters. The molecule has 0 aromatic carbocycles. The quantitative estimate of drug-likeness (QED) is 0.595. The Morgan fingerprint density at radius 1 is 1.50 bits per heavy atom. The number of terminal acetylenes is 1. The van der Waals surface area contributed by atoms with Crippen LogP contribution in [0.4, 0.5) is 0 Å². The summed E-state index contributed by atoms with van der Waals surface area (Å²) in [7, 11) is 0. The second-order valence-corrected chi connectivity index (χ2v) is 5.90. The fourth-order valence-corrected chi connectivity index (χ4v) is 3.07. The van der Waals surface area contributed by atoms with Crippen LogP contribution in [-0.4, -0.2) is 6.54 Å². The summed E-state index contributed by atoms with van der Waals surface area (Å²) in [6, 6.07) is 2.16. The van der Waals surface area contributed by atoms with Crippen molar-refractivity contribution in [1.82, 2.24) is 5.32 Å². The molecule has 0 aliphatic rings. The van der Waals surface area contributed by atoms with Gasteiger partial charge in [0, 0.05) is 12.5 Å². The first-order chi connectivity index (χ1) is 7.65. The van der Waals surface area contributed by atoms with E-state index in [2.05, 4.69) is 18.2 Å². The zero-order valence-electron chi connectivity index (χ0n) is 9.22. The lowest BCUT2D eigenvalue weighted by Gasteiger charge is -2.12. The van der Waals surface area contributed by atoms with Crippen molar-refractivity contribution in [3.05, 3.63) is 20.3 Å². The van der Waals surface area contributed by atoms with Gasteiger partial charge in [0.1, 0.15) is 0 Å². The Kier molecular flexibility index (Phi) is 6.23. The van der Waals surface area contributed by atoms with E-state index in [0.29, 0.717) is 0 Å². The molecule has 4 heteroatoms. The number of hydrogen-bond acceptors (Lipinski definition) is 2. The molecule has 1 N–H and O–H groups in total. The normalized spacial score (nSPS) is 12.4. The number of halogens is 2. The van der Waals surface area contributed by atoms with Gasteiger partial charge in [-0.1, -0.05) is 23.2 Å². The Morgan fingerprint density at radius 3 is 2.81 bits per heavy atom. The highest BCUT2D eigenvalue weighted by Crippen LogP contribution is 2.34. The maximum absolute atomic E-state index is 6.07. The average Bonchev–Trinajstić information content (AvgIpc) is 2.57. The number of nitrogens with one attached hydrogen (secondary N) is 1. The summed E-state index contributed by atoms with van der Waals surface area (Å²) in [5, 5.41) is 3.41.